The Morgan fingerprint density at radius 2 is 1.95 bits per heavy atom. The third-order valence-corrected chi connectivity index (χ3v) is 3.71. The van der Waals surface area contributed by atoms with E-state index in [1.165, 1.54) is 4.90 Å². The maximum Gasteiger partial charge on any atom is 0.0953 e. The summed E-state index contributed by atoms with van der Waals surface area (Å²) in [5.74, 6) is -1.11. The van der Waals surface area contributed by atoms with Gasteiger partial charge in [0, 0.05) is 22.7 Å². The van der Waals surface area contributed by atoms with E-state index < -0.39 is 5.97 Å². The lowest BCUT2D eigenvalue weighted by Crippen LogP contribution is -3.11. The van der Waals surface area contributed by atoms with Crippen molar-refractivity contribution < 1.29 is 14.8 Å². The molecule has 0 spiro atoms. The highest BCUT2D eigenvalue weighted by Gasteiger charge is 2.10. The molecule has 19 heavy (non-hydrogen) atoms. The lowest BCUT2D eigenvalue weighted by atomic mass is 10.2. The minimum atomic E-state index is -1.11. The number of hydrogen-bond donors (Lipinski definition) is 1. The number of quaternary nitrogens is 1. The van der Waals surface area contributed by atoms with Crippen LogP contribution in [-0.4, -0.2) is 30.2 Å². The van der Waals surface area contributed by atoms with Crippen molar-refractivity contribution in [3.05, 3.63) is 36.0 Å². The van der Waals surface area contributed by atoms with E-state index >= 15 is 0 Å². The molecule has 0 amide bonds. The third kappa shape index (κ3) is 2.79. The number of carboxylic acids is 1. The number of benzene rings is 1. The SMILES string of the molecule is CC[NH+](CC)CCn1cc(C(=O)[O-])c2ccccc21. The highest BCUT2D eigenvalue weighted by molar-refractivity contribution is 6.02. The lowest BCUT2D eigenvalue weighted by molar-refractivity contribution is -0.897. The average Bonchev–Trinajstić information content (AvgIpc) is 2.79. The summed E-state index contributed by atoms with van der Waals surface area (Å²) >= 11 is 0. The summed E-state index contributed by atoms with van der Waals surface area (Å²) in [6.07, 6.45) is 1.70. The Morgan fingerprint density at radius 3 is 2.58 bits per heavy atom. The molecule has 2 rings (SSSR count). The van der Waals surface area contributed by atoms with E-state index in [0.29, 0.717) is 0 Å². The minimum absolute atomic E-state index is 0.283. The van der Waals surface area contributed by atoms with Gasteiger partial charge in [-0.1, -0.05) is 18.2 Å². The van der Waals surface area contributed by atoms with Gasteiger partial charge in [0.05, 0.1) is 32.1 Å². The third-order valence-electron chi connectivity index (χ3n) is 3.71. The molecule has 1 N–H and O–H groups in total. The molecule has 102 valence electrons. The number of nitrogens with zero attached hydrogens (tertiary/aromatic N) is 1. The second kappa shape index (κ2) is 5.89. The van der Waals surface area contributed by atoms with E-state index in [1.54, 1.807) is 6.20 Å². The van der Waals surface area contributed by atoms with E-state index in [9.17, 15) is 9.90 Å². The molecular weight excluding hydrogens is 240 g/mol. The Kier molecular flexibility index (Phi) is 4.22. The molecule has 1 aromatic heterocycles. The van der Waals surface area contributed by atoms with E-state index in [0.717, 1.165) is 37.1 Å². The normalized spacial score (nSPS) is 11.3. The zero-order valence-electron chi connectivity index (χ0n) is 11.5. The Bertz CT molecular complexity index is 571. The lowest BCUT2D eigenvalue weighted by Gasteiger charge is -2.16. The quantitative estimate of drug-likeness (QED) is 0.790. The fourth-order valence-electron chi connectivity index (χ4n) is 2.48. The van der Waals surface area contributed by atoms with Crippen molar-refractivity contribution in [2.24, 2.45) is 0 Å². The summed E-state index contributed by atoms with van der Waals surface area (Å²) in [5, 5.41) is 11.9. The van der Waals surface area contributed by atoms with Crippen LogP contribution in [0.3, 0.4) is 0 Å². The highest BCUT2D eigenvalue weighted by Crippen LogP contribution is 2.20. The number of hydrogen-bond acceptors (Lipinski definition) is 2. The van der Waals surface area contributed by atoms with Crippen LogP contribution in [-0.2, 0) is 6.54 Å². The van der Waals surface area contributed by atoms with Gasteiger partial charge in [0.2, 0.25) is 0 Å². The molecule has 4 nitrogen and oxygen atoms in total. The zero-order valence-corrected chi connectivity index (χ0v) is 11.5. The molecule has 2 aromatic rings. The standard InChI is InChI=1S/C15H20N2O2/c1-3-16(4-2)9-10-17-11-13(15(18)19)12-7-5-6-8-14(12)17/h5-8,11H,3-4,9-10H2,1-2H3,(H,18,19). The van der Waals surface area contributed by atoms with Crippen LogP contribution in [0.4, 0.5) is 0 Å². The van der Waals surface area contributed by atoms with Gasteiger partial charge in [0.25, 0.3) is 0 Å². The van der Waals surface area contributed by atoms with Crippen molar-refractivity contribution in [1.29, 1.82) is 0 Å². The number of carboxylic acid groups (broad SMARTS) is 1. The van der Waals surface area contributed by atoms with Gasteiger partial charge in [-0.15, -0.1) is 0 Å². The van der Waals surface area contributed by atoms with Crippen molar-refractivity contribution in [2.45, 2.75) is 20.4 Å². The number of nitrogens with one attached hydrogen (secondary N) is 1. The summed E-state index contributed by atoms with van der Waals surface area (Å²) in [6, 6.07) is 7.58. The van der Waals surface area contributed by atoms with Crippen molar-refractivity contribution in [1.82, 2.24) is 4.57 Å². The average molecular weight is 260 g/mol. The largest absolute Gasteiger partial charge is 0.545 e. The molecule has 1 heterocycles. The molecule has 0 aliphatic rings. The van der Waals surface area contributed by atoms with Crippen LogP contribution in [0, 0.1) is 0 Å². The van der Waals surface area contributed by atoms with Gasteiger partial charge in [-0.05, 0) is 19.9 Å². The summed E-state index contributed by atoms with van der Waals surface area (Å²) in [7, 11) is 0. The molecule has 0 bridgehead atoms. The van der Waals surface area contributed by atoms with Crippen LogP contribution in [0.5, 0.6) is 0 Å². The number of carbonyl (C=O) groups excluding carboxylic acids is 1. The number of rotatable bonds is 6. The van der Waals surface area contributed by atoms with Gasteiger partial charge in [0.15, 0.2) is 0 Å². The van der Waals surface area contributed by atoms with Gasteiger partial charge in [-0.2, -0.15) is 0 Å². The van der Waals surface area contributed by atoms with E-state index in [4.69, 9.17) is 0 Å². The summed E-state index contributed by atoms with van der Waals surface area (Å²) in [5.41, 5.74) is 1.25. The van der Waals surface area contributed by atoms with Crippen molar-refractivity contribution in [3.63, 3.8) is 0 Å². The minimum Gasteiger partial charge on any atom is -0.545 e. The van der Waals surface area contributed by atoms with E-state index in [1.807, 2.05) is 28.8 Å². The fraction of sp³-hybridized carbons (Fsp3) is 0.400. The van der Waals surface area contributed by atoms with E-state index in [2.05, 4.69) is 13.8 Å². The zero-order chi connectivity index (χ0) is 13.8. The Balaban J connectivity index is 2.30. The summed E-state index contributed by atoms with van der Waals surface area (Å²) in [4.78, 5) is 12.7. The van der Waals surface area contributed by atoms with Crippen molar-refractivity contribution >= 4 is 16.9 Å². The second-order valence-corrected chi connectivity index (χ2v) is 4.75. The number of aromatic carboxylic acids is 1. The van der Waals surface area contributed by atoms with Gasteiger partial charge in [-0.3, -0.25) is 0 Å². The molecule has 0 fully saturated rings. The Labute approximate surface area is 113 Å². The first-order chi connectivity index (χ1) is 9.17. The maximum absolute atomic E-state index is 11.1. The number of likely N-dealkylation sites (N-methyl/N-ethyl adjacent to an activating group) is 1. The van der Waals surface area contributed by atoms with Crippen LogP contribution in [0.25, 0.3) is 10.9 Å². The van der Waals surface area contributed by atoms with Crippen LogP contribution in [0.2, 0.25) is 0 Å². The second-order valence-electron chi connectivity index (χ2n) is 4.75. The topological polar surface area (TPSA) is 49.5 Å². The van der Waals surface area contributed by atoms with Crippen LogP contribution < -0.4 is 10.0 Å². The smallest absolute Gasteiger partial charge is 0.0953 e. The molecule has 0 saturated carbocycles. The van der Waals surface area contributed by atoms with Crippen molar-refractivity contribution in [2.75, 3.05) is 19.6 Å². The van der Waals surface area contributed by atoms with Crippen molar-refractivity contribution in [3.8, 4) is 0 Å². The molecule has 0 radical (unpaired) electrons. The van der Waals surface area contributed by atoms with Gasteiger partial charge >= 0.3 is 0 Å². The molecule has 0 saturated heterocycles. The van der Waals surface area contributed by atoms with Crippen LogP contribution in [0.15, 0.2) is 30.5 Å². The van der Waals surface area contributed by atoms with Crippen LogP contribution in [0.1, 0.15) is 24.2 Å². The molecular formula is C15H20N2O2. The molecule has 0 unspecified atom stereocenters. The summed E-state index contributed by atoms with van der Waals surface area (Å²) in [6.45, 7) is 8.33. The first kappa shape index (κ1) is 13.6. The molecule has 1 aromatic carbocycles. The van der Waals surface area contributed by atoms with Gasteiger partial charge in [0.1, 0.15) is 0 Å². The monoisotopic (exact) mass is 260 g/mol. The van der Waals surface area contributed by atoms with Crippen LogP contribution >= 0.6 is 0 Å². The highest BCUT2D eigenvalue weighted by atomic mass is 16.4. The molecule has 0 aliphatic carbocycles. The maximum atomic E-state index is 11.1. The van der Waals surface area contributed by atoms with E-state index in [-0.39, 0.29) is 5.56 Å². The number of para-hydroxylation sites is 1. The molecule has 0 atom stereocenters. The number of aromatic nitrogens is 1. The number of fused-ring (bicyclic) bond motifs is 1. The van der Waals surface area contributed by atoms with Gasteiger partial charge < -0.3 is 19.4 Å². The fourth-order valence-corrected chi connectivity index (χ4v) is 2.48. The predicted octanol–water partition coefficient (Wildman–Crippen LogP) is -0.0705. The molecule has 0 aliphatic heterocycles. The Hall–Kier alpha value is -1.81. The molecule has 4 heteroatoms. The summed E-state index contributed by atoms with van der Waals surface area (Å²) < 4.78 is 2.02. The first-order valence-electron chi connectivity index (χ1n) is 6.80. The van der Waals surface area contributed by atoms with Gasteiger partial charge in [-0.25, -0.2) is 0 Å². The Morgan fingerprint density at radius 1 is 1.26 bits per heavy atom. The number of carbonyl (C=O) groups is 1. The predicted molar refractivity (Wildman–Crippen MR) is 73.2 cm³/mol. The first-order valence-corrected chi connectivity index (χ1v) is 6.80.